The van der Waals surface area contributed by atoms with E-state index in [-0.39, 0.29) is 17.7 Å². The van der Waals surface area contributed by atoms with E-state index in [0.29, 0.717) is 9.92 Å². The Morgan fingerprint density at radius 1 is 1.67 bits per heavy atom. The normalized spacial score (nSPS) is 9.47. The molecule has 1 aromatic rings. The Bertz CT molecular complexity index is 440. The Hall–Kier alpha value is -1.18. The molecule has 0 aliphatic carbocycles. The van der Waals surface area contributed by atoms with Crippen molar-refractivity contribution in [2.75, 3.05) is 6.61 Å². The first-order valence-electron chi connectivity index (χ1n) is 4.20. The molecule has 0 radical (unpaired) electrons. The van der Waals surface area contributed by atoms with Gasteiger partial charge in [-0.1, -0.05) is 11.6 Å². The third kappa shape index (κ3) is 2.44. The molecule has 0 aromatic heterocycles. The summed E-state index contributed by atoms with van der Waals surface area (Å²) in [6.07, 6.45) is 0. The van der Waals surface area contributed by atoms with Crippen molar-refractivity contribution >= 4 is 30.2 Å². The van der Waals surface area contributed by atoms with Gasteiger partial charge in [0, 0.05) is 4.90 Å². The van der Waals surface area contributed by atoms with Crippen molar-refractivity contribution in [1.29, 1.82) is 5.26 Å². The maximum atomic E-state index is 11.4. The molecular weight excluding hydrogens is 234 g/mol. The molecule has 5 heteroatoms. The molecule has 0 heterocycles. The van der Waals surface area contributed by atoms with Crippen molar-refractivity contribution in [3.05, 3.63) is 28.3 Å². The van der Waals surface area contributed by atoms with Crippen LogP contribution in [0.4, 0.5) is 0 Å². The van der Waals surface area contributed by atoms with Gasteiger partial charge in [0.25, 0.3) is 0 Å². The minimum absolute atomic E-state index is 0.143. The van der Waals surface area contributed by atoms with Crippen molar-refractivity contribution in [2.24, 2.45) is 0 Å². The van der Waals surface area contributed by atoms with Gasteiger partial charge in [-0.15, -0.1) is 12.6 Å². The molecule has 0 bridgehead atoms. The second-order valence-corrected chi connectivity index (χ2v) is 3.51. The standard InChI is InChI=1S/C10H8ClNO2S/c1-2-14-10(13)6-3-4-8(11)9(15)7(6)5-12/h3-4,15H,2H2,1H3. The van der Waals surface area contributed by atoms with Gasteiger partial charge < -0.3 is 4.74 Å². The smallest absolute Gasteiger partial charge is 0.339 e. The van der Waals surface area contributed by atoms with Crippen LogP contribution in [-0.2, 0) is 4.74 Å². The number of thiol groups is 1. The highest BCUT2D eigenvalue weighted by Crippen LogP contribution is 2.26. The first-order chi connectivity index (χ1) is 7.11. The molecule has 1 aromatic carbocycles. The van der Waals surface area contributed by atoms with Crippen LogP contribution in [0.5, 0.6) is 0 Å². The number of benzene rings is 1. The Balaban J connectivity index is 3.26. The van der Waals surface area contributed by atoms with Crippen LogP contribution in [0.1, 0.15) is 22.8 Å². The second kappa shape index (κ2) is 5.06. The summed E-state index contributed by atoms with van der Waals surface area (Å²) in [6.45, 7) is 1.95. The molecule has 0 N–H and O–H groups in total. The molecule has 0 atom stereocenters. The summed E-state index contributed by atoms with van der Waals surface area (Å²) in [4.78, 5) is 11.7. The topological polar surface area (TPSA) is 50.1 Å². The van der Waals surface area contributed by atoms with E-state index in [1.54, 1.807) is 6.92 Å². The molecular formula is C10H8ClNO2S. The molecule has 3 nitrogen and oxygen atoms in total. The number of rotatable bonds is 2. The number of nitrogens with zero attached hydrogens (tertiary/aromatic N) is 1. The number of carbonyl (C=O) groups is 1. The van der Waals surface area contributed by atoms with Crippen molar-refractivity contribution in [3.63, 3.8) is 0 Å². The van der Waals surface area contributed by atoms with E-state index in [1.807, 2.05) is 6.07 Å². The van der Waals surface area contributed by atoms with Gasteiger partial charge in [0.2, 0.25) is 0 Å². The first kappa shape index (κ1) is 11.9. The predicted octanol–water partition coefficient (Wildman–Crippen LogP) is 2.68. The Morgan fingerprint density at radius 2 is 2.33 bits per heavy atom. The minimum atomic E-state index is -0.541. The van der Waals surface area contributed by atoms with Crippen LogP contribution in [0.15, 0.2) is 17.0 Å². The van der Waals surface area contributed by atoms with E-state index in [4.69, 9.17) is 21.6 Å². The lowest BCUT2D eigenvalue weighted by atomic mass is 10.1. The average molecular weight is 242 g/mol. The van der Waals surface area contributed by atoms with Gasteiger partial charge in [-0.3, -0.25) is 0 Å². The molecule has 0 aliphatic heterocycles. The van der Waals surface area contributed by atoms with Gasteiger partial charge in [-0.05, 0) is 19.1 Å². The van der Waals surface area contributed by atoms with E-state index in [1.165, 1.54) is 12.1 Å². The van der Waals surface area contributed by atoms with E-state index < -0.39 is 5.97 Å². The fourth-order valence-electron chi connectivity index (χ4n) is 1.06. The SMILES string of the molecule is CCOC(=O)c1ccc(Cl)c(S)c1C#N. The van der Waals surface area contributed by atoms with Crippen LogP contribution < -0.4 is 0 Å². The highest BCUT2D eigenvalue weighted by molar-refractivity contribution is 7.80. The monoisotopic (exact) mass is 241 g/mol. The average Bonchev–Trinajstić information content (AvgIpc) is 2.22. The highest BCUT2D eigenvalue weighted by Gasteiger charge is 2.16. The number of nitriles is 1. The quantitative estimate of drug-likeness (QED) is 0.640. The highest BCUT2D eigenvalue weighted by atomic mass is 35.5. The third-order valence-corrected chi connectivity index (χ3v) is 2.65. The maximum absolute atomic E-state index is 11.4. The molecule has 0 unspecified atom stereocenters. The van der Waals surface area contributed by atoms with Crippen LogP contribution in [0.2, 0.25) is 5.02 Å². The zero-order valence-electron chi connectivity index (χ0n) is 7.95. The zero-order chi connectivity index (χ0) is 11.4. The van der Waals surface area contributed by atoms with E-state index in [0.717, 1.165) is 0 Å². The van der Waals surface area contributed by atoms with Gasteiger partial charge in [0.15, 0.2) is 0 Å². The molecule has 0 aliphatic rings. The summed E-state index contributed by atoms with van der Waals surface area (Å²) in [6, 6.07) is 4.85. The summed E-state index contributed by atoms with van der Waals surface area (Å²) >= 11 is 9.83. The third-order valence-electron chi connectivity index (χ3n) is 1.74. The predicted molar refractivity (Wildman–Crippen MR) is 59.4 cm³/mol. The summed E-state index contributed by atoms with van der Waals surface area (Å²) in [5.74, 6) is -0.541. The van der Waals surface area contributed by atoms with E-state index in [2.05, 4.69) is 12.6 Å². The summed E-state index contributed by atoms with van der Waals surface area (Å²) in [7, 11) is 0. The Morgan fingerprint density at radius 3 is 2.87 bits per heavy atom. The van der Waals surface area contributed by atoms with Crippen LogP contribution >= 0.6 is 24.2 Å². The minimum Gasteiger partial charge on any atom is -0.462 e. The van der Waals surface area contributed by atoms with Gasteiger partial charge in [-0.2, -0.15) is 5.26 Å². The van der Waals surface area contributed by atoms with Crippen molar-refractivity contribution < 1.29 is 9.53 Å². The van der Waals surface area contributed by atoms with Crippen LogP contribution in [0.25, 0.3) is 0 Å². The van der Waals surface area contributed by atoms with E-state index in [9.17, 15) is 4.79 Å². The molecule has 0 amide bonds. The lowest BCUT2D eigenvalue weighted by molar-refractivity contribution is 0.0525. The largest absolute Gasteiger partial charge is 0.462 e. The lowest BCUT2D eigenvalue weighted by Crippen LogP contribution is -2.07. The number of halogens is 1. The van der Waals surface area contributed by atoms with Crippen molar-refractivity contribution in [1.82, 2.24) is 0 Å². The number of carbonyl (C=O) groups excluding carboxylic acids is 1. The molecule has 78 valence electrons. The Labute approximate surface area is 98.0 Å². The maximum Gasteiger partial charge on any atom is 0.339 e. The number of hydrogen-bond acceptors (Lipinski definition) is 4. The molecule has 0 fully saturated rings. The first-order valence-corrected chi connectivity index (χ1v) is 5.03. The molecule has 0 saturated heterocycles. The number of ether oxygens (including phenoxy) is 1. The molecule has 1 rings (SSSR count). The van der Waals surface area contributed by atoms with Gasteiger partial charge in [0.05, 0.1) is 22.8 Å². The van der Waals surface area contributed by atoms with Crippen LogP contribution in [-0.4, -0.2) is 12.6 Å². The van der Waals surface area contributed by atoms with Gasteiger partial charge >= 0.3 is 5.97 Å². The summed E-state index contributed by atoms with van der Waals surface area (Å²) in [5, 5.41) is 9.21. The van der Waals surface area contributed by atoms with Crippen LogP contribution in [0.3, 0.4) is 0 Å². The molecule has 15 heavy (non-hydrogen) atoms. The van der Waals surface area contributed by atoms with Crippen molar-refractivity contribution in [2.45, 2.75) is 11.8 Å². The summed E-state index contributed by atoms with van der Waals surface area (Å²) < 4.78 is 4.80. The van der Waals surface area contributed by atoms with Crippen LogP contribution in [0, 0.1) is 11.3 Å². The van der Waals surface area contributed by atoms with Crippen molar-refractivity contribution in [3.8, 4) is 6.07 Å². The summed E-state index contributed by atoms with van der Waals surface area (Å²) in [5.41, 5.74) is 0.332. The second-order valence-electron chi connectivity index (χ2n) is 2.65. The fraction of sp³-hybridized carbons (Fsp3) is 0.200. The Kier molecular flexibility index (Phi) is 4.01. The van der Waals surface area contributed by atoms with E-state index >= 15 is 0 Å². The number of esters is 1. The number of hydrogen-bond donors (Lipinski definition) is 1. The van der Waals surface area contributed by atoms with Gasteiger partial charge in [-0.25, -0.2) is 4.79 Å². The van der Waals surface area contributed by atoms with Gasteiger partial charge in [0.1, 0.15) is 6.07 Å². The zero-order valence-corrected chi connectivity index (χ0v) is 9.60. The molecule has 0 spiro atoms. The fourth-order valence-corrected chi connectivity index (χ4v) is 1.46. The lowest BCUT2D eigenvalue weighted by Gasteiger charge is -2.06. The molecule has 0 saturated carbocycles.